The zero-order chi connectivity index (χ0) is 42.8. The SMILES string of the molecule is CC/C=C\C/C=C\C/C=C\C/C=C\C/C=C\C/C=C\CCCCC(=O)NC(COP(=O)(O)OCC(O)COC(=O)CCCCC/C=C\C/C=C\C/C=C\CC)C(=O)O. The molecule has 0 heterocycles. The van der Waals surface area contributed by atoms with Crippen LogP contribution in [0.1, 0.15) is 129 Å². The molecule has 0 aliphatic carbocycles. The fourth-order valence-electron chi connectivity index (χ4n) is 4.86. The third-order valence-corrected chi connectivity index (χ3v) is 9.01. The molecular weight excluding hydrogens is 757 g/mol. The molecule has 12 heteroatoms. The first-order valence-electron chi connectivity index (χ1n) is 20.9. The third kappa shape index (κ3) is 39.0. The lowest BCUT2D eigenvalue weighted by Crippen LogP contribution is -2.43. The van der Waals surface area contributed by atoms with Gasteiger partial charge in [-0.05, 0) is 96.3 Å². The predicted molar refractivity (Wildman–Crippen MR) is 235 cm³/mol. The van der Waals surface area contributed by atoms with Crippen molar-refractivity contribution in [1.82, 2.24) is 5.32 Å². The van der Waals surface area contributed by atoms with E-state index in [-0.39, 0.29) is 12.8 Å². The van der Waals surface area contributed by atoms with Gasteiger partial charge in [0.25, 0.3) is 0 Å². The molecule has 0 aliphatic heterocycles. The second kappa shape index (κ2) is 39.9. The summed E-state index contributed by atoms with van der Waals surface area (Å²) in [7, 11) is -4.78. The Bertz CT molecular complexity index is 1390. The van der Waals surface area contributed by atoms with Crippen LogP contribution < -0.4 is 5.32 Å². The van der Waals surface area contributed by atoms with E-state index in [0.717, 1.165) is 89.9 Å². The number of amides is 1. The number of carboxylic acids is 1. The number of unbranched alkanes of at least 4 members (excludes halogenated alkanes) is 5. The molecule has 0 saturated heterocycles. The summed E-state index contributed by atoms with van der Waals surface area (Å²) in [5.74, 6) is -2.49. The van der Waals surface area contributed by atoms with Gasteiger partial charge in [-0.1, -0.05) is 130 Å². The summed E-state index contributed by atoms with van der Waals surface area (Å²) in [5, 5.41) is 21.8. The van der Waals surface area contributed by atoms with Crippen LogP contribution in [-0.4, -0.2) is 64.9 Å². The van der Waals surface area contributed by atoms with Gasteiger partial charge in [-0.3, -0.25) is 18.6 Å². The smallest absolute Gasteiger partial charge is 0.472 e. The Labute approximate surface area is 348 Å². The number of phosphoric ester groups is 1. The number of carbonyl (C=O) groups excluding carboxylic acids is 2. The highest BCUT2D eigenvalue weighted by molar-refractivity contribution is 7.47. The Kier molecular flexibility index (Phi) is 37.3. The highest BCUT2D eigenvalue weighted by Gasteiger charge is 2.28. The van der Waals surface area contributed by atoms with E-state index in [9.17, 15) is 34.1 Å². The van der Waals surface area contributed by atoms with Crippen LogP contribution in [0.4, 0.5) is 0 Å². The Morgan fingerprint density at radius 3 is 1.40 bits per heavy atom. The molecule has 11 nitrogen and oxygen atoms in total. The van der Waals surface area contributed by atoms with Crippen LogP contribution in [0.5, 0.6) is 0 Å². The number of hydrogen-bond donors (Lipinski definition) is 4. The number of rotatable bonds is 37. The summed E-state index contributed by atoms with van der Waals surface area (Å²) >= 11 is 0. The van der Waals surface area contributed by atoms with Gasteiger partial charge in [-0.25, -0.2) is 9.36 Å². The molecule has 0 aromatic rings. The number of aliphatic hydroxyl groups excluding tert-OH is 1. The maximum Gasteiger partial charge on any atom is 0.472 e. The summed E-state index contributed by atoms with van der Waals surface area (Å²) in [6.07, 6.45) is 51.2. The molecule has 0 bridgehead atoms. The predicted octanol–water partition coefficient (Wildman–Crippen LogP) is 10.7. The summed E-state index contributed by atoms with van der Waals surface area (Å²) < 4.78 is 26.7. The lowest BCUT2D eigenvalue weighted by Gasteiger charge is -2.18. The van der Waals surface area contributed by atoms with Crippen LogP contribution in [0.3, 0.4) is 0 Å². The van der Waals surface area contributed by atoms with E-state index in [1.807, 2.05) is 6.08 Å². The number of carbonyl (C=O) groups is 3. The molecule has 326 valence electrons. The molecule has 0 saturated carbocycles. The van der Waals surface area contributed by atoms with Gasteiger partial charge in [-0.2, -0.15) is 0 Å². The Morgan fingerprint density at radius 1 is 0.552 bits per heavy atom. The first-order chi connectivity index (χ1) is 28.1. The van der Waals surface area contributed by atoms with Gasteiger partial charge in [-0.15, -0.1) is 0 Å². The summed E-state index contributed by atoms with van der Waals surface area (Å²) in [6.45, 7) is 2.27. The molecule has 0 aromatic carbocycles. The van der Waals surface area contributed by atoms with Crippen molar-refractivity contribution in [2.45, 2.75) is 142 Å². The first-order valence-corrected chi connectivity index (χ1v) is 22.4. The van der Waals surface area contributed by atoms with Gasteiger partial charge in [0.2, 0.25) is 5.91 Å². The number of aliphatic hydroxyl groups is 1. The molecule has 4 N–H and O–H groups in total. The van der Waals surface area contributed by atoms with E-state index in [1.54, 1.807) is 0 Å². The maximum absolute atomic E-state index is 12.3. The largest absolute Gasteiger partial charge is 0.480 e. The molecule has 0 radical (unpaired) electrons. The van der Waals surface area contributed by atoms with Crippen molar-refractivity contribution in [3.05, 3.63) is 109 Å². The van der Waals surface area contributed by atoms with Crippen LogP contribution in [-0.2, 0) is 32.7 Å². The number of nitrogens with one attached hydrogen (secondary N) is 1. The van der Waals surface area contributed by atoms with Crippen molar-refractivity contribution < 1.29 is 47.8 Å². The molecule has 3 atom stereocenters. The number of aliphatic carboxylic acids is 1. The van der Waals surface area contributed by atoms with Crippen LogP contribution >= 0.6 is 7.82 Å². The summed E-state index contributed by atoms with van der Waals surface area (Å²) in [5.41, 5.74) is 0. The van der Waals surface area contributed by atoms with Gasteiger partial charge in [0, 0.05) is 12.8 Å². The minimum Gasteiger partial charge on any atom is -0.480 e. The van der Waals surface area contributed by atoms with Crippen molar-refractivity contribution in [2.24, 2.45) is 0 Å². The fourth-order valence-corrected chi connectivity index (χ4v) is 5.63. The topological polar surface area (TPSA) is 169 Å². The summed E-state index contributed by atoms with van der Waals surface area (Å²) in [4.78, 5) is 45.8. The van der Waals surface area contributed by atoms with Gasteiger partial charge in [0.15, 0.2) is 6.04 Å². The molecule has 3 unspecified atom stereocenters. The van der Waals surface area contributed by atoms with Gasteiger partial charge in [0.1, 0.15) is 12.7 Å². The van der Waals surface area contributed by atoms with Crippen LogP contribution in [0.25, 0.3) is 0 Å². The number of phosphoric acid groups is 1. The molecule has 0 spiro atoms. The number of ether oxygens (including phenoxy) is 1. The normalized spacial score (nSPS) is 14.8. The third-order valence-electron chi connectivity index (χ3n) is 8.06. The zero-order valence-corrected chi connectivity index (χ0v) is 35.9. The van der Waals surface area contributed by atoms with E-state index in [1.165, 1.54) is 0 Å². The van der Waals surface area contributed by atoms with E-state index in [0.29, 0.717) is 12.8 Å². The standard InChI is InChI=1S/C46H72NO10P/c1-3-5-7-9-11-13-15-17-18-19-20-21-22-23-24-26-27-29-31-33-35-37-44(49)47-43(46(51)52)41-57-58(53,54)56-40-42(48)39-55-45(50)38-36-34-32-30-28-25-16-14-12-10-8-6-4-2/h5-8,11-14,17-18,20-21,23-25,27-29,42-43,48H,3-4,9-10,15-16,19,22,26,30-41H2,1-2H3,(H,47,49)(H,51,52)(H,53,54)/b7-5-,8-6-,13-11-,14-12-,18-17-,21-20-,24-23-,28-25-,29-27-. The van der Waals surface area contributed by atoms with Crippen molar-refractivity contribution in [3.8, 4) is 0 Å². The maximum atomic E-state index is 12.3. The van der Waals surface area contributed by atoms with E-state index >= 15 is 0 Å². The average molecular weight is 830 g/mol. The van der Waals surface area contributed by atoms with Gasteiger partial charge < -0.3 is 25.2 Å². The van der Waals surface area contributed by atoms with Crippen LogP contribution in [0.15, 0.2) is 109 Å². The molecule has 0 aromatic heterocycles. The average Bonchev–Trinajstić information content (AvgIpc) is 3.20. The van der Waals surface area contributed by atoms with E-state index in [2.05, 4.69) is 122 Å². The second-order valence-corrected chi connectivity index (χ2v) is 14.9. The molecular formula is C46H72NO10P. The quantitative estimate of drug-likeness (QED) is 0.0205. The highest BCUT2D eigenvalue weighted by Crippen LogP contribution is 2.43. The lowest BCUT2D eigenvalue weighted by molar-refractivity contribution is -0.147. The first kappa shape index (κ1) is 54.1. The van der Waals surface area contributed by atoms with Crippen molar-refractivity contribution in [3.63, 3.8) is 0 Å². The van der Waals surface area contributed by atoms with Gasteiger partial charge >= 0.3 is 19.8 Å². The zero-order valence-electron chi connectivity index (χ0n) is 35.0. The fraction of sp³-hybridized carbons (Fsp3) is 0.543. The summed E-state index contributed by atoms with van der Waals surface area (Å²) in [6, 6.07) is -1.58. The van der Waals surface area contributed by atoms with E-state index < -0.39 is 57.6 Å². The minimum atomic E-state index is -4.78. The number of esters is 1. The molecule has 0 aliphatic rings. The van der Waals surface area contributed by atoms with E-state index in [4.69, 9.17) is 13.8 Å². The Balaban J connectivity index is 4.07. The molecule has 0 rings (SSSR count). The second-order valence-electron chi connectivity index (χ2n) is 13.4. The van der Waals surface area contributed by atoms with Crippen LogP contribution in [0.2, 0.25) is 0 Å². The number of carboxylic acid groups (broad SMARTS) is 1. The van der Waals surface area contributed by atoms with Crippen molar-refractivity contribution in [2.75, 3.05) is 19.8 Å². The lowest BCUT2D eigenvalue weighted by atomic mass is 10.1. The Hall–Kier alpha value is -3.86. The molecule has 58 heavy (non-hydrogen) atoms. The molecule has 1 amide bonds. The highest BCUT2D eigenvalue weighted by atomic mass is 31.2. The number of hydrogen-bond acceptors (Lipinski definition) is 8. The van der Waals surface area contributed by atoms with Crippen molar-refractivity contribution >= 4 is 25.7 Å². The minimum absolute atomic E-state index is 0.0811. The van der Waals surface area contributed by atoms with Crippen LogP contribution in [0, 0.1) is 0 Å². The number of allylic oxidation sites excluding steroid dienone is 18. The Morgan fingerprint density at radius 2 is 0.948 bits per heavy atom. The molecule has 0 fully saturated rings. The monoisotopic (exact) mass is 829 g/mol. The van der Waals surface area contributed by atoms with Crippen molar-refractivity contribution in [1.29, 1.82) is 0 Å². The van der Waals surface area contributed by atoms with Gasteiger partial charge in [0.05, 0.1) is 13.2 Å².